The number of benzene rings is 1. The molecule has 4 nitrogen and oxygen atoms in total. The zero-order valence-corrected chi connectivity index (χ0v) is 8.78. The molecule has 1 unspecified atom stereocenters. The van der Waals surface area contributed by atoms with Crippen LogP contribution in [0.15, 0.2) is 24.3 Å². The monoisotopic (exact) mass is 229 g/mol. The van der Waals surface area contributed by atoms with E-state index in [1.54, 1.807) is 24.3 Å². The molecule has 0 bridgehead atoms. The summed E-state index contributed by atoms with van der Waals surface area (Å²) in [4.78, 5) is 10.3. The van der Waals surface area contributed by atoms with Gasteiger partial charge in [0.1, 0.15) is 12.4 Å². The molecule has 0 spiro atoms. The van der Waals surface area contributed by atoms with Crippen molar-refractivity contribution in [2.75, 3.05) is 6.61 Å². The first-order valence-electron chi connectivity index (χ1n) is 4.43. The number of nitrogens with two attached hydrogens (primary N) is 1. The number of aliphatic carboxylic acids is 1. The number of ether oxygens (including phenoxy) is 1. The smallest absolute Gasteiger partial charge is 0.305 e. The molecule has 0 aliphatic rings. The number of hydrogen-bond donors (Lipinski definition) is 2. The van der Waals surface area contributed by atoms with E-state index < -0.39 is 12.0 Å². The molecule has 5 heteroatoms. The minimum absolute atomic E-state index is 0.104. The van der Waals surface area contributed by atoms with Crippen LogP contribution in [0.3, 0.4) is 0 Å². The van der Waals surface area contributed by atoms with Gasteiger partial charge in [-0.15, -0.1) is 0 Å². The fourth-order valence-electron chi connectivity index (χ4n) is 1.02. The van der Waals surface area contributed by atoms with Gasteiger partial charge in [0.25, 0.3) is 0 Å². The summed E-state index contributed by atoms with van der Waals surface area (Å²) in [5, 5.41) is 9.09. The molecule has 0 aromatic heterocycles. The fourth-order valence-corrected chi connectivity index (χ4v) is 1.14. The number of hydrogen-bond acceptors (Lipinski definition) is 3. The molecular weight excluding hydrogens is 218 g/mol. The molecule has 0 radical (unpaired) electrons. The number of halogens is 1. The molecule has 1 aromatic rings. The van der Waals surface area contributed by atoms with Gasteiger partial charge in [-0.2, -0.15) is 0 Å². The first-order valence-corrected chi connectivity index (χ1v) is 4.81. The topological polar surface area (TPSA) is 72.5 Å². The third kappa shape index (κ3) is 4.67. The highest BCUT2D eigenvalue weighted by atomic mass is 35.5. The third-order valence-corrected chi connectivity index (χ3v) is 1.97. The number of rotatable bonds is 5. The average molecular weight is 230 g/mol. The quantitative estimate of drug-likeness (QED) is 0.803. The molecule has 0 aliphatic carbocycles. The van der Waals surface area contributed by atoms with Crippen LogP contribution in [0.1, 0.15) is 6.42 Å². The molecule has 0 saturated heterocycles. The Balaban J connectivity index is 2.36. The van der Waals surface area contributed by atoms with Crippen LogP contribution in [0.2, 0.25) is 5.02 Å². The van der Waals surface area contributed by atoms with E-state index in [4.69, 9.17) is 27.2 Å². The van der Waals surface area contributed by atoms with Gasteiger partial charge < -0.3 is 15.6 Å². The van der Waals surface area contributed by atoms with Crippen molar-refractivity contribution in [3.8, 4) is 5.75 Å². The van der Waals surface area contributed by atoms with Gasteiger partial charge in [0.15, 0.2) is 0 Å². The summed E-state index contributed by atoms with van der Waals surface area (Å²) in [6.45, 7) is 0.175. The van der Waals surface area contributed by atoms with Crippen molar-refractivity contribution in [1.29, 1.82) is 0 Å². The van der Waals surface area contributed by atoms with E-state index in [1.165, 1.54) is 0 Å². The van der Waals surface area contributed by atoms with Gasteiger partial charge >= 0.3 is 5.97 Å². The van der Waals surface area contributed by atoms with Crippen LogP contribution >= 0.6 is 11.6 Å². The fraction of sp³-hybridized carbons (Fsp3) is 0.300. The Labute approximate surface area is 92.6 Å². The Bertz CT molecular complexity index is 326. The second kappa shape index (κ2) is 5.58. The van der Waals surface area contributed by atoms with Crippen LogP contribution < -0.4 is 10.5 Å². The summed E-state index contributed by atoms with van der Waals surface area (Å²) >= 11 is 5.69. The molecule has 3 N–H and O–H groups in total. The maximum absolute atomic E-state index is 10.3. The molecule has 0 aliphatic heterocycles. The minimum atomic E-state index is -0.929. The summed E-state index contributed by atoms with van der Waals surface area (Å²) in [6.07, 6.45) is -0.104. The van der Waals surface area contributed by atoms with Crippen molar-refractivity contribution < 1.29 is 14.6 Å². The van der Waals surface area contributed by atoms with Crippen molar-refractivity contribution in [2.24, 2.45) is 5.73 Å². The standard InChI is InChI=1S/C10H12ClNO3/c11-7-1-3-9(4-2-7)15-6-8(12)5-10(13)14/h1-4,8H,5-6,12H2,(H,13,14). The second-order valence-electron chi connectivity index (χ2n) is 3.12. The highest BCUT2D eigenvalue weighted by molar-refractivity contribution is 6.30. The van der Waals surface area contributed by atoms with E-state index in [9.17, 15) is 4.79 Å². The van der Waals surface area contributed by atoms with Gasteiger partial charge in [-0.25, -0.2) is 0 Å². The summed E-state index contributed by atoms with van der Waals surface area (Å²) in [7, 11) is 0. The summed E-state index contributed by atoms with van der Waals surface area (Å²) in [5.74, 6) is -0.303. The van der Waals surface area contributed by atoms with Crippen molar-refractivity contribution in [1.82, 2.24) is 0 Å². The van der Waals surface area contributed by atoms with Crippen LogP contribution in [0.4, 0.5) is 0 Å². The molecule has 0 saturated carbocycles. The normalized spacial score (nSPS) is 12.1. The lowest BCUT2D eigenvalue weighted by Gasteiger charge is -2.10. The lowest BCUT2D eigenvalue weighted by atomic mass is 10.2. The highest BCUT2D eigenvalue weighted by Crippen LogP contribution is 2.15. The summed E-state index contributed by atoms with van der Waals surface area (Å²) in [5.41, 5.74) is 5.52. The SMILES string of the molecule is NC(COc1ccc(Cl)cc1)CC(=O)O. The molecule has 82 valence electrons. The molecule has 1 atom stereocenters. The lowest BCUT2D eigenvalue weighted by Crippen LogP contribution is -2.30. The molecule has 15 heavy (non-hydrogen) atoms. The third-order valence-electron chi connectivity index (χ3n) is 1.71. The van der Waals surface area contributed by atoms with Crippen LogP contribution in [-0.2, 0) is 4.79 Å². The second-order valence-corrected chi connectivity index (χ2v) is 3.56. The predicted molar refractivity (Wildman–Crippen MR) is 57.2 cm³/mol. The van der Waals surface area contributed by atoms with E-state index >= 15 is 0 Å². The summed E-state index contributed by atoms with van der Waals surface area (Å²) in [6, 6.07) is 6.29. The average Bonchev–Trinajstić information content (AvgIpc) is 2.16. The molecule has 0 heterocycles. The first kappa shape index (κ1) is 11.8. The Morgan fingerprint density at radius 1 is 1.47 bits per heavy atom. The van der Waals surface area contributed by atoms with Crippen LogP contribution in [0.5, 0.6) is 5.75 Å². The van der Waals surface area contributed by atoms with E-state index in [2.05, 4.69) is 0 Å². The molecule has 1 rings (SSSR count). The van der Waals surface area contributed by atoms with Crippen LogP contribution in [0.25, 0.3) is 0 Å². The maximum Gasteiger partial charge on any atom is 0.305 e. The Morgan fingerprint density at radius 2 is 2.07 bits per heavy atom. The predicted octanol–water partition coefficient (Wildman–Crippen LogP) is 1.52. The van der Waals surface area contributed by atoms with Gasteiger partial charge in [0.05, 0.1) is 6.42 Å². The zero-order chi connectivity index (χ0) is 11.3. The Hall–Kier alpha value is -1.26. The number of carbonyl (C=O) groups is 1. The summed E-state index contributed by atoms with van der Waals surface area (Å²) < 4.78 is 5.28. The van der Waals surface area contributed by atoms with E-state index in [0.717, 1.165) is 0 Å². The lowest BCUT2D eigenvalue weighted by molar-refractivity contribution is -0.137. The number of carboxylic acid groups (broad SMARTS) is 1. The van der Waals surface area contributed by atoms with Crippen molar-refractivity contribution in [3.63, 3.8) is 0 Å². The van der Waals surface area contributed by atoms with E-state index in [0.29, 0.717) is 10.8 Å². The number of carboxylic acids is 1. The molecule has 0 fully saturated rings. The van der Waals surface area contributed by atoms with Crippen molar-refractivity contribution in [2.45, 2.75) is 12.5 Å². The minimum Gasteiger partial charge on any atom is -0.492 e. The van der Waals surface area contributed by atoms with Crippen molar-refractivity contribution in [3.05, 3.63) is 29.3 Å². The van der Waals surface area contributed by atoms with Gasteiger partial charge in [-0.3, -0.25) is 4.79 Å². The van der Waals surface area contributed by atoms with Crippen molar-refractivity contribution >= 4 is 17.6 Å². The van der Waals surface area contributed by atoms with E-state index in [-0.39, 0.29) is 13.0 Å². The van der Waals surface area contributed by atoms with Gasteiger partial charge in [-0.05, 0) is 24.3 Å². The zero-order valence-electron chi connectivity index (χ0n) is 8.02. The Kier molecular flexibility index (Phi) is 4.39. The largest absolute Gasteiger partial charge is 0.492 e. The van der Waals surface area contributed by atoms with Crippen LogP contribution in [-0.4, -0.2) is 23.7 Å². The van der Waals surface area contributed by atoms with Gasteiger partial charge in [0.2, 0.25) is 0 Å². The molecular formula is C10H12ClNO3. The van der Waals surface area contributed by atoms with Crippen LogP contribution in [0, 0.1) is 0 Å². The van der Waals surface area contributed by atoms with E-state index in [1.807, 2.05) is 0 Å². The molecule has 1 aromatic carbocycles. The maximum atomic E-state index is 10.3. The van der Waals surface area contributed by atoms with Gasteiger partial charge in [-0.1, -0.05) is 11.6 Å². The molecule has 0 amide bonds. The Morgan fingerprint density at radius 3 is 2.60 bits per heavy atom. The first-order chi connectivity index (χ1) is 7.08. The highest BCUT2D eigenvalue weighted by Gasteiger charge is 2.08. The van der Waals surface area contributed by atoms with Gasteiger partial charge in [0, 0.05) is 11.1 Å².